The number of hydrogen-bond donors (Lipinski definition) is 3. The molecular formula is C20H39KO8S. The third-order valence-corrected chi connectivity index (χ3v) is 5.37. The molecule has 0 heterocycles. The van der Waals surface area contributed by atoms with Crippen LogP contribution in [0, 0.1) is 6.92 Å². The van der Waals surface area contributed by atoms with Gasteiger partial charge >= 0.3 is 63.3 Å². The van der Waals surface area contributed by atoms with Crippen LogP contribution < -0.4 is 51.4 Å². The molecule has 174 valence electrons. The Balaban J connectivity index is -0.000000497. The number of ether oxygens (including phenoxy) is 1. The standard InChI is InChI=1S/C16H33O.C4H6O7S.K/c1-3-5-6-7-8-9-10-11-12-13-14-15-16-17-4-2;5-3(6)1-2(4(7)8)12(9,10)11;/h2-16H2,1H3;2H,1H2,(H,5,6)(H,7,8)(H,9,10,11);/q-1;;+1. The van der Waals surface area contributed by atoms with Gasteiger partial charge in [0, 0.05) is 6.61 Å². The molecule has 0 saturated heterocycles. The third-order valence-electron chi connectivity index (χ3n) is 4.28. The number of carbonyl (C=O) groups is 2. The maximum absolute atomic E-state index is 10.2. The number of aliphatic carboxylic acids is 2. The maximum Gasteiger partial charge on any atom is 1.00 e. The summed E-state index contributed by atoms with van der Waals surface area (Å²) in [5, 5.41) is 13.9. The molecule has 1 atom stereocenters. The van der Waals surface area contributed by atoms with Crippen molar-refractivity contribution in [1.29, 1.82) is 0 Å². The van der Waals surface area contributed by atoms with Gasteiger partial charge in [-0.05, 0) is 6.42 Å². The fraction of sp³-hybridized carbons (Fsp3) is 0.850. The first-order valence-electron chi connectivity index (χ1n) is 10.4. The Kier molecular flexibility index (Phi) is 28.1. The van der Waals surface area contributed by atoms with Crippen LogP contribution >= 0.6 is 0 Å². The Morgan fingerprint density at radius 1 is 0.867 bits per heavy atom. The molecule has 0 amide bonds. The quantitative estimate of drug-likeness (QED) is 0.116. The van der Waals surface area contributed by atoms with Crippen molar-refractivity contribution in [2.45, 2.75) is 95.6 Å². The Hall–Kier alpha value is 0.446. The summed E-state index contributed by atoms with van der Waals surface area (Å²) in [5.74, 6) is -3.50. The van der Waals surface area contributed by atoms with E-state index in [0.717, 1.165) is 6.61 Å². The molecule has 0 aromatic rings. The van der Waals surface area contributed by atoms with Gasteiger partial charge in [0.1, 0.15) is 0 Å². The molecule has 1 unspecified atom stereocenters. The second kappa shape index (κ2) is 24.1. The van der Waals surface area contributed by atoms with Crippen LogP contribution in [-0.4, -0.2) is 53.6 Å². The van der Waals surface area contributed by atoms with Gasteiger partial charge in [-0.3, -0.25) is 14.1 Å². The van der Waals surface area contributed by atoms with Gasteiger partial charge in [-0.15, -0.1) is 0 Å². The summed E-state index contributed by atoms with van der Waals surface area (Å²) in [4.78, 5) is 20.0. The van der Waals surface area contributed by atoms with Crippen LogP contribution in [0.5, 0.6) is 0 Å². The Bertz CT molecular complexity index is 497. The van der Waals surface area contributed by atoms with Gasteiger partial charge in [0.2, 0.25) is 0 Å². The molecule has 0 aliphatic heterocycles. The summed E-state index contributed by atoms with van der Waals surface area (Å²) in [6.45, 7) is 7.46. The first kappa shape index (κ1) is 35.0. The second-order valence-corrected chi connectivity index (χ2v) is 8.54. The molecule has 0 aromatic carbocycles. The van der Waals surface area contributed by atoms with E-state index in [1.807, 2.05) is 0 Å². The van der Waals surface area contributed by atoms with Gasteiger partial charge in [-0.25, -0.2) is 0 Å². The summed E-state index contributed by atoms with van der Waals surface area (Å²) in [6, 6.07) is 0. The number of carboxylic acid groups (broad SMARTS) is 2. The van der Waals surface area contributed by atoms with Gasteiger partial charge in [0.05, 0.1) is 6.42 Å². The van der Waals surface area contributed by atoms with Crippen molar-refractivity contribution in [3.05, 3.63) is 6.92 Å². The summed E-state index contributed by atoms with van der Waals surface area (Å²) < 4.78 is 33.9. The Labute approximate surface area is 224 Å². The van der Waals surface area contributed by atoms with Gasteiger partial charge < -0.3 is 21.9 Å². The van der Waals surface area contributed by atoms with Crippen LogP contribution in [0.2, 0.25) is 0 Å². The van der Waals surface area contributed by atoms with Crippen molar-refractivity contribution in [1.82, 2.24) is 0 Å². The number of hydrogen-bond acceptors (Lipinski definition) is 5. The molecule has 0 bridgehead atoms. The van der Waals surface area contributed by atoms with Crippen molar-refractivity contribution in [3.63, 3.8) is 0 Å². The van der Waals surface area contributed by atoms with Gasteiger partial charge in [0.15, 0.2) is 5.25 Å². The molecule has 8 nitrogen and oxygen atoms in total. The topological polar surface area (TPSA) is 138 Å². The van der Waals surface area contributed by atoms with E-state index in [2.05, 4.69) is 13.8 Å². The zero-order valence-corrected chi connectivity index (χ0v) is 22.6. The molecule has 0 saturated carbocycles. The summed E-state index contributed by atoms with van der Waals surface area (Å²) in [5.41, 5.74) is 0. The summed E-state index contributed by atoms with van der Waals surface area (Å²) in [7, 11) is -4.84. The summed E-state index contributed by atoms with van der Waals surface area (Å²) in [6.07, 6.45) is 15.7. The van der Waals surface area contributed by atoms with Gasteiger partial charge in [-0.2, -0.15) is 8.42 Å². The van der Waals surface area contributed by atoms with E-state index in [1.54, 1.807) is 0 Å². The van der Waals surface area contributed by atoms with E-state index in [-0.39, 0.29) is 51.4 Å². The molecule has 0 aliphatic carbocycles. The van der Waals surface area contributed by atoms with E-state index in [0.29, 0.717) is 6.61 Å². The largest absolute Gasteiger partial charge is 1.00 e. The normalized spacial score (nSPS) is 11.7. The molecular weight excluding hydrogens is 439 g/mol. The van der Waals surface area contributed by atoms with Crippen LogP contribution in [-0.2, 0) is 24.4 Å². The first-order valence-corrected chi connectivity index (χ1v) is 11.9. The van der Waals surface area contributed by atoms with E-state index < -0.39 is 33.7 Å². The van der Waals surface area contributed by atoms with E-state index in [4.69, 9.17) is 19.5 Å². The SMILES string of the molecule is O=C(O)CC(C(=O)O)S(=O)(=O)O.[CH2-]COCCCCCCCCCCCCCC.[K+]. The predicted molar refractivity (Wildman–Crippen MR) is 112 cm³/mol. The van der Waals surface area contributed by atoms with Crippen molar-refractivity contribution >= 4 is 22.1 Å². The molecule has 0 spiro atoms. The average Bonchev–Trinajstić information content (AvgIpc) is 2.63. The Morgan fingerprint density at radius 3 is 1.53 bits per heavy atom. The molecule has 0 radical (unpaired) electrons. The van der Waals surface area contributed by atoms with E-state index >= 15 is 0 Å². The molecule has 3 N–H and O–H groups in total. The molecule has 30 heavy (non-hydrogen) atoms. The summed E-state index contributed by atoms with van der Waals surface area (Å²) >= 11 is 0. The van der Waals surface area contributed by atoms with Gasteiger partial charge in [0.25, 0.3) is 10.1 Å². The zero-order valence-electron chi connectivity index (χ0n) is 18.7. The minimum atomic E-state index is -4.84. The van der Waals surface area contributed by atoms with Crippen LogP contribution in [0.1, 0.15) is 90.4 Å². The fourth-order valence-electron chi connectivity index (χ4n) is 2.63. The minimum Gasteiger partial charge on any atom is -0.481 e. The molecule has 0 fully saturated rings. The van der Waals surface area contributed by atoms with Crippen LogP contribution in [0.25, 0.3) is 0 Å². The monoisotopic (exact) mass is 478 g/mol. The molecule has 0 rings (SSSR count). The minimum absolute atomic E-state index is 0. The van der Waals surface area contributed by atoms with Crippen molar-refractivity contribution in [2.24, 2.45) is 0 Å². The van der Waals surface area contributed by atoms with Crippen molar-refractivity contribution < 1.29 is 88.9 Å². The Morgan fingerprint density at radius 2 is 1.27 bits per heavy atom. The molecule has 10 heteroatoms. The number of rotatable bonds is 18. The van der Waals surface area contributed by atoms with E-state index in [1.165, 1.54) is 77.0 Å². The molecule has 0 aliphatic rings. The maximum atomic E-state index is 10.2. The van der Waals surface area contributed by atoms with Crippen LogP contribution in [0.15, 0.2) is 0 Å². The average molecular weight is 479 g/mol. The van der Waals surface area contributed by atoms with E-state index in [9.17, 15) is 18.0 Å². The van der Waals surface area contributed by atoms with Gasteiger partial charge in [-0.1, -0.05) is 84.2 Å². The third kappa shape index (κ3) is 26.5. The predicted octanol–water partition coefficient (Wildman–Crippen LogP) is 1.34. The molecule has 0 aromatic heterocycles. The first-order chi connectivity index (χ1) is 13.7. The fourth-order valence-corrected chi connectivity index (χ4v) is 3.23. The number of unbranched alkanes of at least 4 members (excludes halogenated alkanes) is 11. The number of carboxylic acids is 2. The van der Waals surface area contributed by atoms with Crippen LogP contribution in [0.4, 0.5) is 0 Å². The van der Waals surface area contributed by atoms with Crippen LogP contribution in [0.3, 0.4) is 0 Å². The van der Waals surface area contributed by atoms with Crippen molar-refractivity contribution in [3.8, 4) is 0 Å². The zero-order chi connectivity index (χ0) is 22.5. The second-order valence-electron chi connectivity index (χ2n) is 6.94. The smallest absolute Gasteiger partial charge is 0.481 e. The van der Waals surface area contributed by atoms with Crippen molar-refractivity contribution in [2.75, 3.05) is 13.2 Å².